The zero-order chi connectivity index (χ0) is 19.0. The van der Waals surface area contributed by atoms with Gasteiger partial charge in [-0.1, -0.05) is 11.6 Å². The number of hydrogen-bond donors (Lipinski definition) is 1. The average Bonchev–Trinajstić information content (AvgIpc) is 2.60. The van der Waals surface area contributed by atoms with Crippen LogP contribution < -0.4 is 5.32 Å². The highest BCUT2D eigenvalue weighted by Gasteiger charge is 2.40. The van der Waals surface area contributed by atoms with E-state index in [9.17, 15) is 19.7 Å². The van der Waals surface area contributed by atoms with Crippen molar-refractivity contribution in [3.05, 3.63) is 61.4 Å². The summed E-state index contributed by atoms with van der Waals surface area (Å²) in [6.07, 6.45) is 1.73. The molecule has 0 radical (unpaired) electrons. The maximum Gasteiger partial charge on any atom is 0.336 e. The highest BCUT2D eigenvalue weighted by atomic mass is 35.5. The van der Waals surface area contributed by atoms with E-state index in [1.807, 2.05) is 0 Å². The number of carbonyl (C=O) groups is 2. The van der Waals surface area contributed by atoms with Crippen LogP contribution in [-0.4, -0.2) is 23.8 Å². The molecule has 0 saturated heterocycles. The first kappa shape index (κ1) is 18.1. The lowest BCUT2D eigenvalue weighted by Gasteiger charge is -2.34. The number of non-ortho nitro benzene ring substituents is 1. The van der Waals surface area contributed by atoms with Crippen molar-refractivity contribution in [3.8, 4) is 0 Å². The fourth-order valence-corrected chi connectivity index (χ4v) is 3.77. The number of rotatable bonds is 3. The molecule has 0 spiro atoms. The molecular formula is C18H17ClN2O5. The van der Waals surface area contributed by atoms with E-state index >= 15 is 0 Å². The first-order valence-corrected chi connectivity index (χ1v) is 8.49. The van der Waals surface area contributed by atoms with Gasteiger partial charge in [0.1, 0.15) is 0 Å². The van der Waals surface area contributed by atoms with Crippen LogP contribution in [0.4, 0.5) is 5.69 Å². The molecule has 0 saturated carbocycles. The van der Waals surface area contributed by atoms with E-state index < -0.39 is 16.8 Å². The Morgan fingerprint density at radius 1 is 1.38 bits per heavy atom. The van der Waals surface area contributed by atoms with Crippen LogP contribution in [0.3, 0.4) is 0 Å². The number of nitro groups is 1. The average molecular weight is 377 g/mol. The molecule has 0 fully saturated rings. The lowest BCUT2D eigenvalue weighted by Crippen LogP contribution is -2.34. The minimum absolute atomic E-state index is 0.0970. The topological polar surface area (TPSA) is 98.5 Å². The molecule has 1 aromatic rings. The van der Waals surface area contributed by atoms with Gasteiger partial charge < -0.3 is 10.1 Å². The molecule has 0 aromatic heterocycles. The molecule has 2 aliphatic rings. The minimum Gasteiger partial charge on any atom is -0.466 e. The van der Waals surface area contributed by atoms with Gasteiger partial charge in [0.25, 0.3) is 5.69 Å². The number of nitrogens with zero attached hydrogens (tertiary/aromatic N) is 1. The minimum atomic E-state index is -0.793. The summed E-state index contributed by atoms with van der Waals surface area (Å²) in [4.78, 5) is 35.8. The zero-order valence-electron chi connectivity index (χ0n) is 14.3. The van der Waals surface area contributed by atoms with E-state index in [4.69, 9.17) is 16.3 Å². The maximum absolute atomic E-state index is 12.7. The summed E-state index contributed by atoms with van der Waals surface area (Å²) in [6.45, 7) is 1.72. The number of allylic oxidation sites excluding steroid dienone is 3. The van der Waals surface area contributed by atoms with Gasteiger partial charge in [0.15, 0.2) is 5.78 Å². The third-order valence-corrected chi connectivity index (χ3v) is 5.03. The molecule has 8 heteroatoms. The quantitative estimate of drug-likeness (QED) is 0.493. The number of carbonyl (C=O) groups excluding carboxylic acids is 2. The van der Waals surface area contributed by atoms with Gasteiger partial charge in [-0.05, 0) is 31.4 Å². The molecular weight excluding hydrogens is 360 g/mol. The molecule has 7 nitrogen and oxygen atoms in total. The number of dihydropyridines is 1. The first-order chi connectivity index (χ1) is 12.3. The summed E-state index contributed by atoms with van der Waals surface area (Å²) in [6, 6.07) is 4.02. The second-order valence-electron chi connectivity index (χ2n) is 6.22. The van der Waals surface area contributed by atoms with Gasteiger partial charge in [0.2, 0.25) is 0 Å². The number of esters is 1. The van der Waals surface area contributed by atoms with Crippen LogP contribution in [0.2, 0.25) is 5.02 Å². The highest BCUT2D eigenvalue weighted by Crippen LogP contribution is 2.45. The molecule has 1 atom stereocenters. The lowest BCUT2D eigenvalue weighted by molar-refractivity contribution is -0.384. The molecule has 1 aliphatic heterocycles. The van der Waals surface area contributed by atoms with Gasteiger partial charge in [0, 0.05) is 46.5 Å². The van der Waals surface area contributed by atoms with Gasteiger partial charge >= 0.3 is 5.97 Å². The molecule has 136 valence electrons. The molecule has 1 unspecified atom stereocenters. The third kappa shape index (κ3) is 2.99. The summed E-state index contributed by atoms with van der Waals surface area (Å²) >= 11 is 6.32. The number of nitrogens with one attached hydrogen (secondary N) is 1. The summed E-state index contributed by atoms with van der Waals surface area (Å²) in [7, 11) is 1.25. The predicted octanol–water partition coefficient (Wildman–Crippen LogP) is 3.39. The standard InChI is InChI=1S/C18H17ClN2O5/c1-9-15(18(23)26-2)16(17-13(20-9)4-3-5-14(17)22)11-8-10(21(24)25)6-7-12(11)19/h6-8,16,20H,3-5H2,1-2H3. The predicted molar refractivity (Wildman–Crippen MR) is 94.6 cm³/mol. The third-order valence-electron chi connectivity index (χ3n) is 4.68. The van der Waals surface area contributed by atoms with Crippen LogP contribution in [0.15, 0.2) is 40.7 Å². The Kier molecular flexibility index (Phi) is 4.82. The Bertz CT molecular complexity index is 888. The van der Waals surface area contributed by atoms with E-state index in [2.05, 4.69) is 5.32 Å². The molecule has 0 amide bonds. The van der Waals surface area contributed by atoms with E-state index in [1.165, 1.54) is 25.3 Å². The molecule has 3 rings (SSSR count). The number of benzene rings is 1. The van der Waals surface area contributed by atoms with Crippen LogP contribution in [0.25, 0.3) is 0 Å². The van der Waals surface area contributed by atoms with Crippen molar-refractivity contribution < 1.29 is 19.2 Å². The SMILES string of the molecule is COC(=O)C1=C(C)NC2=C(C(=O)CCC2)C1c1cc([N+](=O)[O-])ccc1Cl. The number of nitro benzene ring substituents is 1. The number of hydrogen-bond acceptors (Lipinski definition) is 6. The molecule has 0 bridgehead atoms. The Morgan fingerprint density at radius 3 is 2.77 bits per heavy atom. The first-order valence-electron chi connectivity index (χ1n) is 8.11. The summed E-state index contributed by atoms with van der Waals surface area (Å²) in [5, 5.41) is 14.6. The molecule has 1 aromatic carbocycles. The van der Waals surface area contributed by atoms with Gasteiger partial charge in [-0.25, -0.2) is 4.79 Å². The molecule has 26 heavy (non-hydrogen) atoms. The van der Waals surface area contributed by atoms with Crippen molar-refractivity contribution in [3.63, 3.8) is 0 Å². The van der Waals surface area contributed by atoms with Crippen LogP contribution in [0.5, 0.6) is 0 Å². The normalized spacial score (nSPS) is 19.8. The van der Waals surface area contributed by atoms with Crippen LogP contribution in [0.1, 0.15) is 37.7 Å². The number of methoxy groups -OCH3 is 1. The van der Waals surface area contributed by atoms with Crippen molar-refractivity contribution in [2.24, 2.45) is 0 Å². The molecule has 1 N–H and O–H groups in total. The summed E-state index contributed by atoms with van der Waals surface area (Å²) in [5.74, 6) is -1.49. The number of Topliss-reactive ketones (excluding diaryl/α,β-unsaturated/α-hetero) is 1. The smallest absolute Gasteiger partial charge is 0.336 e. The van der Waals surface area contributed by atoms with Gasteiger partial charge in [0.05, 0.1) is 17.6 Å². The van der Waals surface area contributed by atoms with E-state index in [-0.39, 0.29) is 22.1 Å². The van der Waals surface area contributed by atoms with Crippen molar-refractivity contribution in [1.82, 2.24) is 5.32 Å². The fourth-order valence-electron chi connectivity index (χ4n) is 3.54. The van der Waals surface area contributed by atoms with Crippen molar-refractivity contribution in [2.75, 3.05) is 7.11 Å². The van der Waals surface area contributed by atoms with Gasteiger partial charge in [-0.2, -0.15) is 0 Å². The maximum atomic E-state index is 12.7. The highest BCUT2D eigenvalue weighted by molar-refractivity contribution is 6.31. The van der Waals surface area contributed by atoms with Crippen LogP contribution >= 0.6 is 11.6 Å². The number of ether oxygens (including phenoxy) is 1. The van der Waals surface area contributed by atoms with E-state index in [0.717, 1.165) is 5.70 Å². The lowest BCUT2D eigenvalue weighted by atomic mass is 9.75. The van der Waals surface area contributed by atoms with Crippen molar-refractivity contribution in [1.29, 1.82) is 0 Å². The zero-order valence-corrected chi connectivity index (χ0v) is 15.1. The Labute approximate surface area is 154 Å². The van der Waals surface area contributed by atoms with E-state index in [0.29, 0.717) is 36.1 Å². The molecule has 1 heterocycles. The van der Waals surface area contributed by atoms with Gasteiger partial charge in [-0.3, -0.25) is 14.9 Å². The van der Waals surface area contributed by atoms with Crippen LogP contribution in [-0.2, 0) is 14.3 Å². The summed E-state index contributed by atoms with van der Waals surface area (Å²) < 4.78 is 4.90. The Hall–Kier alpha value is -2.67. The van der Waals surface area contributed by atoms with Crippen LogP contribution in [0, 0.1) is 10.1 Å². The second kappa shape index (κ2) is 6.92. The van der Waals surface area contributed by atoms with Gasteiger partial charge in [-0.15, -0.1) is 0 Å². The number of ketones is 1. The fraction of sp³-hybridized carbons (Fsp3) is 0.333. The monoisotopic (exact) mass is 376 g/mol. The van der Waals surface area contributed by atoms with E-state index in [1.54, 1.807) is 6.92 Å². The Morgan fingerprint density at radius 2 is 2.12 bits per heavy atom. The number of halogens is 1. The van der Waals surface area contributed by atoms with Crippen molar-refractivity contribution >= 4 is 29.0 Å². The summed E-state index contributed by atoms with van der Waals surface area (Å²) in [5.41, 5.74) is 2.16. The van der Waals surface area contributed by atoms with Crippen molar-refractivity contribution in [2.45, 2.75) is 32.1 Å². The Balaban J connectivity index is 2.27. The second-order valence-corrected chi connectivity index (χ2v) is 6.63. The largest absolute Gasteiger partial charge is 0.466 e. The molecule has 1 aliphatic carbocycles.